The van der Waals surface area contributed by atoms with Gasteiger partial charge < -0.3 is 20.1 Å². The third kappa shape index (κ3) is 4.67. The van der Waals surface area contributed by atoms with Crippen molar-refractivity contribution in [2.75, 3.05) is 0 Å². The van der Waals surface area contributed by atoms with E-state index >= 15 is 0 Å². The van der Waals surface area contributed by atoms with Crippen LogP contribution in [-0.4, -0.2) is 39.6 Å². The Balaban J connectivity index is 1.78. The number of hydrogen-bond acceptors (Lipinski definition) is 4. The van der Waals surface area contributed by atoms with Crippen LogP contribution in [0.2, 0.25) is 0 Å². The van der Waals surface area contributed by atoms with Crippen molar-refractivity contribution in [2.45, 2.75) is 83.5 Å². The molecule has 160 valence electrons. The molecule has 5 heteroatoms. The summed E-state index contributed by atoms with van der Waals surface area (Å²) in [5.41, 5.74) is 1.75. The predicted octanol–water partition coefficient (Wildman–Crippen LogP) is 4.06. The van der Waals surface area contributed by atoms with E-state index in [1.807, 2.05) is 30.4 Å². The molecule has 5 atom stereocenters. The molecule has 1 saturated carbocycles. The first-order valence-electron chi connectivity index (χ1n) is 10.8. The number of aryl methyl sites for hydroxylation is 1. The van der Waals surface area contributed by atoms with E-state index in [0.29, 0.717) is 12.8 Å². The maximum absolute atomic E-state index is 11.0. The summed E-state index contributed by atoms with van der Waals surface area (Å²) in [5, 5.41) is 30.3. The highest BCUT2D eigenvalue weighted by atomic mass is 16.5. The number of hydrogen-bond donors (Lipinski definition) is 3. The number of benzene rings is 1. The summed E-state index contributed by atoms with van der Waals surface area (Å²) in [4.78, 5) is 11.0. The van der Waals surface area contributed by atoms with Gasteiger partial charge in [0.2, 0.25) is 0 Å². The van der Waals surface area contributed by atoms with Crippen molar-refractivity contribution >= 4 is 5.97 Å². The highest BCUT2D eigenvalue weighted by Gasteiger charge is 2.49. The highest BCUT2D eigenvalue weighted by Crippen LogP contribution is 2.52. The molecule has 1 aliphatic heterocycles. The lowest BCUT2D eigenvalue weighted by molar-refractivity contribution is -0.136. The van der Waals surface area contributed by atoms with Gasteiger partial charge in [-0.15, -0.1) is 0 Å². The first kappa shape index (κ1) is 21.8. The van der Waals surface area contributed by atoms with E-state index in [0.717, 1.165) is 36.1 Å². The van der Waals surface area contributed by atoms with Gasteiger partial charge in [-0.3, -0.25) is 4.79 Å². The molecular formula is C24H34O5. The van der Waals surface area contributed by atoms with Crippen LogP contribution < -0.4 is 4.74 Å². The fourth-order valence-corrected chi connectivity index (χ4v) is 4.68. The molecule has 2 aliphatic rings. The average Bonchev–Trinajstić information content (AvgIpc) is 3.17. The van der Waals surface area contributed by atoms with Crippen molar-refractivity contribution in [3.8, 4) is 5.75 Å². The molecule has 3 rings (SSSR count). The average molecular weight is 403 g/mol. The third-order valence-corrected chi connectivity index (χ3v) is 6.59. The topological polar surface area (TPSA) is 87.0 Å². The van der Waals surface area contributed by atoms with Crippen LogP contribution in [-0.2, 0) is 11.2 Å². The fraction of sp³-hybridized carbons (Fsp3) is 0.625. The maximum atomic E-state index is 11.0. The molecule has 1 unspecified atom stereocenters. The number of ether oxygens (including phenoxy) is 1. The molecule has 1 heterocycles. The summed E-state index contributed by atoms with van der Waals surface area (Å²) in [6, 6.07) is 5.88. The zero-order valence-corrected chi connectivity index (χ0v) is 17.7. The van der Waals surface area contributed by atoms with Gasteiger partial charge in [0, 0.05) is 30.2 Å². The molecule has 0 amide bonds. The molecule has 0 radical (unpaired) electrons. The van der Waals surface area contributed by atoms with E-state index in [9.17, 15) is 15.0 Å². The van der Waals surface area contributed by atoms with Gasteiger partial charge >= 0.3 is 5.97 Å². The highest BCUT2D eigenvalue weighted by molar-refractivity contribution is 5.67. The first-order chi connectivity index (χ1) is 13.7. The zero-order valence-electron chi connectivity index (χ0n) is 17.7. The minimum Gasteiger partial charge on any atom is -0.489 e. The molecule has 5 nitrogen and oxygen atoms in total. The Morgan fingerprint density at radius 1 is 1.38 bits per heavy atom. The Labute approximate surface area is 173 Å². The number of carboxylic acid groups (broad SMARTS) is 1. The van der Waals surface area contributed by atoms with Crippen LogP contribution in [0, 0.1) is 11.3 Å². The molecule has 0 spiro atoms. The van der Waals surface area contributed by atoms with Crippen LogP contribution in [0.15, 0.2) is 30.4 Å². The number of carbonyl (C=O) groups is 1. The monoisotopic (exact) mass is 402 g/mol. The Morgan fingerprint density at radius 2 is 2.14 bits per heavy atom. The molecule has 3 N–H and O–H groups in total. The van der Waals surface area contributed by atoms with Crippen LogP contribution in [0.25, 0.3) is 0 Å². The number of para-hydroxylation sites is 1. The van der Waals surface area contributed by atoms with Crippen LogP contribution in [0.4, 0.5) is 0 Å². The normalized spacial score (nSPS) is 26.9. The molecule has 0 aromatic heterocycles. The van der Waals surface area contributed by atoms with Crippen LogP contribution in [0.3, 0.4) is 0 Å². The Bertz CT molecular complexity index is 754. The van der Waals surface area contributed by atoms with Crippen LogP contribution >= 0.6 is 0 Å². The zero-order chi connectivity index (χ0) is 21.2. The Kier molecular flexibility index (Phi) is 6.69. The molecular weight excluding hydrogens is 368 g/mol. The van der Waals surface area contributed by atoms with Crippen LogP contribution in [0.5, 0.6) is 5.75 Å². The van der Waals surface area contributed by atoms with Crippen molar-refractivity contribution in [3.63, 3.8) is 0 Å². The molecule has 1 aromatic carbocycles. The smallest absolute Gasteiger partial charge is 0.303 e. The van der Waals surface area contributed by atoms with Gasteiger partial charge in [-0.05, 0) is 23.8 Å². The van der Waals surface area contributed by atoms with E-state index in [4.69, 9.17) is 9.84 Å². The quantitative estimate of drug-likeness (QED) is 0.542. The summed E-state index contributed by atoms with van der Waals surface area (Å²) < 4.78 is 6.17. The minimum absolute atomic E-state index is 0.0342. The molecule has 1 fully saturated rings. The van der Waals surface area contributed by atoms with Crippen molar-refractivity contribution in [2.24, 2.45) is 11.3 Å². The second-order valence-electron chi connectivity index (χ2n) is 9.21. The number of aliphatic hydroxyl groups is 2. The standard InChI is InChI=1S/C24H34O5/c1-4-5-13-24(2,3)20(26)11-10-16-18(25)14-19-22(16)17-8-6-7-15(23(17)29-19)9-12-21(27)28/h6-8,10-11,16,18-20,22,25-26H,4-5,9,12-14H2,1-3H3,(H,27,28)/b11-10+/t16?,18-,19+,20-,22+/m1/s1. The lowest BCUT2D eigenvalue weighted by Crippen LogP contribution is -2.28. The predicted molar refractivity (Wildman–Crippen MR) is 112 cm³/mol. The van der Waals surface area contributed by atoms with Gasteiger partial charge in [0.1, 0.15) is 11.9 Å². The molecule has 0 saturated heterocycles. The van der Waals surface area contributed by atoms with Crippen molar-refractivity contribution in [1.82, 2.24) is 0 Å². The number of carboxylic acids is 1. The summed E-state index contributed by atoms with van der Waals surface area (Å²) >= 11 is 0. The number of rotatable bonds is 9. The largest absolute Gasteiger partial charge is 0.489 e. The van der Waals surface area contributed by atoms with E-state index in [1.165, 1.54) is 0 Å². The van der Waals surface area contributed by atoms with Crippen molar-refractivity contribution in [1.29, 1.82) is 0 Å². The second-order valence-corrected chi connectivity index (χ2v) is 9.21. The molecule has 1 aliphatic carbocycles. The Hall–Kier alpha value is -1.85. The van der Waals surface area contributed by atoms with Crippen molar-refractivity contribution < 1.29 is 24.9 Å². The van der Waals surface area contributed by atoms with Gasteiger partial charge in [0.25, 0.3) is 0 Å². The maximum Gasteiger partial charge on any atom is 0.303 e. The van der Waals surface area contributed by atoms with Crippen molar-refractivity contribution in [3.05, 3.63) is 41.5 Å². The fourth-order valence-electron chi connectivity index (χ4n) is 4.68. The summed E-state index contributed by atoms with van der Waals surface area (Å²) in [7, 11) is 0. The summed E-state index contributed by atoms with van der Waals surface area (Å²) in [6.07, 6.45) is 6.81. The lowest BCUT2D eigenvalue weighted by atomic mass is 9.80. The summed E-state index contributed by atoms with van der Waals surface area (Å²) in [5.74, 6) is -0.117. The van der Waals surface area contributed by atoms with E-state index in [-0.39, 0.29) is 29.8 Å². The number of fused-ring (bicyclic) bond motifs is 3. The SMILES string of the molecule is CCCCC(C)(C)[C@H](O)/C=C/C1[C@H](O)C[C@@H]2Oc3c(CCC(=O)O)cccc3[C@H]12. The number of aliphatic hydroxyl groups excluding tert-OH is 2. The third-order valence-electron chi connectivity index (χ3n) is 6.59. The minimum atomic E-state index is -0.822. The molecule has 1 aromatic rings. The van der Waals surface area contributed by atoms with Crippen LogP contribution in [0.1, 0.15) is 69.9 Å². The second kappa shape index (κ2) is 8.88. The van der Waals surface area contributed by atoms with Gasteiger partial charge in [-0.25, -0.2) is 0 Å². The van der Waals surface area contributed by atoms with E-state index < -0.39 is 18.2 Å². The lowest BCUT2D eigenvalue weighted by Gasteiger charge is -2.29. The Morgan fingerprint density at radius 3 is 2.83 bits per heavy atom. The van der Waals surface area contributed by atoms with Gasteiger partial charge in [-0.2, -0.15) is 0 Å². The summed E-state index contributed by atoms with van der Waals surface area (Å²) in [6.45, 7) is 6.30. The molecule has 29 heavy (non-hydrogen) atoms. The van der Waals surface area contributed by atoms with Gasteiger partial charge in [-0.1, -0.05) is 64.0 Å². The number of unbranched alkanes of at least 4 members (excludes halogenated alkanes) is 1. The van der Waals surface area contributed by atoms with Gasteiger partial charge in [0.05, 0.1) is 12.2 Å². The van der Waals surface area contributed by atoms with E-state index in [1.54, 1.807) is 0 Å². The first-order valence-corrected chi connectivity index (χ1v) is 10.8. The number of aliphatic carboxylic acids is 1. The van der Waals surface area contributed by atoms with E-state index in [2.05, 4.69) is 20.8 Å². The van der Waals surface area contributed by atoms with Gasteiger partial charge in [0.15, 0.2) is 0 Å². The molecule has 0 bridgehead atoms.